The summed E-state index contributed by atoms with van der Waals surface area (Å²) in [6.07, 6.45) is 3.46. The van der Waals surface area contributed by atoms with E-state index in [1.807, 2.05) is 55.5 Å². The van der Waals surface area contributed by atoms with Crippen LogP contribution < -0.4 is 5.69 Å². The van der Waals surface area contributed by atoms with Gasteiger partial charge in [-0.25, -0.2) is 14.5 Å². The number of carbonyl (C=O) groups excluding carboxylic acids is 1. The number of para-hydroxylation sites is 1. The van der Waals surface area contributed by atoms with Crippen LogP contribution in [-0.2, 0) is 6.54 Å². The van der Waals surface area contributed by atoms with Gasteiger partial charge in [-0.05, 0) is 41.8 Å². The molecule has 38 heavy (non-hydrogen) atoms. The number of phenols is 2. The quantitative estimate of drug-likeness (QED) is 0.315. The number of pyridine rings is 1. The lowest BCUT2D eigenvalue weighted by Gasteiger charge is -2.20. The number of nitrogens with zero attached hydrogens (tertiary/aromatic N) is 4. The standard InChI is InChI=1S/C29H25N5O4/c1-18-8-3-6-12-24(18)34-27(31-32-29(34)38)22-14-23(26(36)15-25(22)35)28(37)33(2)17-20-9-4-5-11-21(20)19-10-7-13-30-16-19/h3-16,35-36H,17H2,1-2H3,(H,32,38). The first-order valence-corrected chi connectivity index (χ1v) is 11.9. The fourth-order valence-corrected chi connectivity index (χ4v) is 4.44. The lowest BCUT2D eigenvalue weighted by atomic mass is 10.0. The smallest absolute Gasteiger partial charge is 0.348 e. The Morgan fingerprint density at radius 1 is 0.974 bits per heavy atom. The van der Waals surface area contributed by atoms with E-state index in [0.29, 0.717) is 5.69 Å². The van der Waals surface area contributed by atoms with E-state index in [0.717, 1.165) is 28.3 Å². The zero-order valence-electron chi connectivity index (χ0n) is 20.8. The van der Waals surface area contributed by atoms with Gasteiger partial charge in [0.1, 0.15) is 11.5 Å². The number of H-pyrrole nitrogens is 1. The van der Waals surface area contributed by atoms with Gasteiger partial charge in [-0.2, -0.15) is 5.10 Å². The van der Waals surface area contributed by atoms with Gasteiger partial charge in [0.15, 0.2) is 5.82 Å². The summed E-state index contributed by atoms with van der Waals surface area (Å²) < 4.78 is 1.32. The van der Waals surface area contributed by atoms with Crippen LogP contribution in [0.2, 0.25) is 0 Å². The highest BCUT2D eigenvalue weighted by atomic mass is 16.3. The summed E-state index contributed by atoms with van der Waals surface area (Å²) in [6, 6.07) is 21.2. The van der Waals surface area contributed by atoms with Gasteiger partial charge in [0.05, 0.1) is 16.8 Å². The highest BCUT2D eigenvalue weighted by Gasteiger charge is 2.24. The number of rotatable bonds is 6. The second-order valence-corrected chi connectivity index (χ2v) is 8.92. The molecule has 0 radical (unpaired) electrons. The van der Waals surface area contributed by atoms with Gasteiger partial charge in [0.2, 0.25) is 0 Å². The Morgan fingerprint density at radius 3 is 2.50 bits per heavy atom. The van der Waals surface area contributed by atoms with Crippen molar-refractivity contribution in [3.63, 3.8) is 0 Å². The molecule has 0 saturated carbocycles. The van der Waals surface area contributed by atoms with Gasteiger partial charge in [-0.1, -0.05) is 48.5 Å². The number of amides is 1. The van der Waals surface area contributed by atoms with Crippen LogP contribution in [0.1, 0.15) is 21.5 Å². The summed E-state index contributed by atoms with van der Waals surface area (Å²) in [5.41, 5.74) is 3.74. The third kappa shape index (κ3) is 4.53. The number of nitrogens with one attached hydrogen (secondary N) is 1. The number of hydrogen-bond acceptors (Lipinski definition) is 6. The van der Waals surface area contributed by atoms with E-state index < -0.39 is 11.6 Å². The number of aromatic nitrogens is 4. The molecular weight excluding hydrogens is 482 g/mol. The Kier molecular flexibility index (Phi) is 6.49. The van der Waals surface area contributed by atoms with Gasteiger partial charge in [0.25, 0.3) is 5.91 Å². The second kappa shape index (κ2) is 10.1. The minimum absolute atomic E-state index is 0.0362. The Bertz CT molecular complexity index is 1690. The fraction of sp³-hybridized carbons (Fsp3) is 0.103. The lowest BCUT2D eigenvalue weighted by Crippen LogP contribution is -2.26. The van der Waals surface area contributed by atoms with Crippen molar-refractivity contribution in [1.82, 2.24) is 24.6 Å². The highest BCUT2D eigenvalue weighted by Crippen LogP contribution is 2.35. The first-order chi connectivity index (χ1) is 18.3. The van der Waals surface area contributed by atoms with Crippen LogP contribution in [0.25, 0.3) is 28.2 Å². The Balaban J connectivity index is 1.52. The fourth-order valence-electron chi connectivity index (χ4n) is 4.44. The predicted octanol–water partition coefficient (Wildman–Crippen LogP) is 4.28. The molecule has 0 aliphatic rings. The molecule has 0 fully saturated rings. The van der Waals surface area contributed by atoms with Crippen LogP contribution in [0.4, 0.5) is 0 Å². The van der Waals surface area contributed by atoms with Crippen LogP contribution in [0.15, 0.2) is 90.0 Å². The van der Waals surface area contributed by atoms with Crippen LogP contribution >= 0.6 is 0 Å². The maximum atomic E-state index is 13.5. The predicted molar refractivity (Wildman–Crippen MR) is 143 cm³/mol. The maximum absolute atomic E-state index is 13.5. The van der Waals surface area contributed by atoms with Crippen molar-refractivity contribution >= 4 is 5.91 Å². The Labute approximate surface area is 218 Å². The molecule has 1 amide bonds. The third-order valence-corrected chi connectivity index (χ3v) is 6.36. The molecule has 3 N–H and O–H groups in total. The number of benzene rings is 3. The molecule has 0 aliphatic carbocycles. The molecule has 0 saturated heterocycles. The molecule has 3 aromatic carbocycles. The van der Waals surface area contributed by atoms with E-state index >= 15 is 0 Å². The number of phenolic OH excluding ortho intramolecular Hbond substituents is 2. The molecule has 0 atom stereocenters. The molecule has 190 valence electrons. The zero-order chi connectivity index (χ0) is 26.8. The van der Waals surface area contributed by atoms with E-state index in [9.17, 15) is 19.8 Å². The molecule has 2 aromatic heterocycles. The lowest BCUT2D eigenvalue weighted by molar-refractivity contribution is 0.0782. The normalized spacial score (nSPS) is 10.9. The topological polar surface area (TPSA) is 124 Å². The summed E-state index contributed by atoms with van der Waals surface area (Å²) in [5, 5.41) is 27.8. The van der Waals surface area contributed by atoms with Gasteiger partial charge >= 0.3 is 5.69 Å². The molecule has 5 rings (SSSR count). The van der Waals surface area contributed by atoms with Crippen molar-refractivity contribution in [3.8, 4) is 39.7 Å². The number of aromatic hydroxyl groups is 2. The van der Waals surface area contributed by atoms with Crippen LogP contribution in [-0.4, -0.2) is 47.8 Å². The average molecular weight is 508 g/mol. The number of aromatic amines is 1. The highest BCUT2D eigenvalue weighted by molar-refractivity contribution is 5.98. The molecule has 0 spiro atoms. The molecule has 2 heterocycles. The minimum Gasteiger partial charge on any atom is -0.507 e. The van der Waals surface area contributed by atoms with Crippen molar-refractivity contribution in [2.45, 2.75) is 13.5 Å². The van der Waals surface area contributed by atoms with Crippen molar-refractivity contribution in [1.29, 1.82) is 0 Å². The van der Waals surface area contributed by atoms with Crippen LogP contribution in [0.3, 0.4) is 0 Å². The molecular formula is C29H25N5O4. The summed E-state index contributed by atoms with van der Waals surface area (Å²) in [7, 11) is 1.63. The minimum atomic E-state index is -0.501. The third-order valence-electron chi connectivity index (χ3n) is 6.36. The van der Waals surface area contributed by atoms with Gasteiger partial charge in [-0.15, -0.1) is 0 Å². The molecule has 0 bridgehead atoms. The average Bonchev–Trinajstić information content (AvgIpc) is 3.30. The Morgan fingerprint density at radius 2 is 1.74 bits per heavy atom. The molecule has 9 nitrogen and oxygen atoms in total. The first-order valence-electron chi connectivity index (χ1n) is 11.9. The van der Waals surface area contributed by atoms with Gasteiger partial charge in [-0.3, -0.25) is 9.78 Å². The monoisotopic (exact) mass is 507 g/mol. The van der Waals surface area contributed by atoms with Crippen molar-refractivity contribution in [2.24, 2.45) is 0 Å². The molecule has 0 unspecified atom stereocenters. The summed E-state index contributed by atoms with van der Waals surface area (Å²) in [5.74, 6) is -1.06. The summed E-state index contributed by atoms with van der Waals surface area (Å²) in [4.78, 5) is 31.8. The van der Waals surface area contributed by atoms with E-state index in [4.69, 9.17) is 0 Å². The zero-order valence-corrected chi connectivity index (χ0v) is 20.8. The van der Waals surface area contributed by atoms with Gasteiger partial charge < -0.3 is 15.1 Å². The molecule has 9 heteroatoms. The largest absolute Gasteiger partial charge is 0.507 e. The molecule has 0 aliphatic heterocycles. The number of hydrogen-bond donors (Lipinski definition) is 3. The summed E-state index contributed by atoms with van der Waals surface area (Å²) >= 11 is 0. The van der Waals surface area contributed by atoms with E-state index in [2.05, 4.69) is 15.2 Å². The maximum Gasteiger partial charge on any atom is 0.348 e. The second-order valence-electron chi connectivity index (χ2n) is 8.92. The van der Waals surface area contributed by atoms with Crippen LogP contribution in [0, 0.1) is 6.92 Å². The summed E-state index contributed by atoms with van der Waals surface area (Å²) in [6.45, 7) is 2.11. The SMILES string of the molecule is Cc1ccccc1-n1c(-c2cc(C(=O)N(C)Cc3ccccc3-c3cccnc3)c(O)cc2O)n[nH]c1=O. The van der Waals surface area contributed by atoms with Crippen molar-refractivity contribution < 1.29 is 15.0 Å². The first kappa shape index (κ1) is 24.5. The van der Waals surface area contributed by atoms with Crippen LogP contribution in [0.5, 0.6) is 11.5 Å². The number of aryl methyl sites for hydroxylation is 1. The van der Waals surface area contributed by atoms with E-state index in [-0.39, 0.29) is 35.0 Å². The Hall–Kier alpha value is -5.18. The van der Waals surface area contributed by atoms with Crippen molar-refractivity contribution in [2.75, 3.05) is 7.05 Å². The van der Waals surface area contributed by atoms with Gasteiger partial charge in [0, 0.05) is 37.6 Å². The van der Waals surface area contributed by atoms with Crippen molar-refractivity contribution in [3.05, 3.63) is 112 Å². The van der Waals surface area contributed by atoms with E-state index in [1.165, 1.54) is 15.5 Å². The number of carbonyl (C=O) groups is 1. The van der Waals surface area contributed by atoms with E-state index in [1.54, 1.807) is 31.6 Å². The molecule has 5 aromatic rings.